The summed E-state index contributed by atoms with van der Waals surface area (Å²) >= 11 is 0. The van der Waals surface area contributed by atoms with E-state index in [1.54, 1.807) is 12.1 Å². The average Bonchev–Trinajstić information content (AvgIpc) is 3.17. The molecule has 0 aliphatic rings. The summed E-state index contributed by atoms with van der Waals surface area (Å²) in [7, 11) is 0. The largest absolute Gasteiger partial charge is 0.512 e. The van der Waals surface area contributed by atoms with E-state index in [0.29, 0.717) is 16.8 Å². The fourth-order valence-corrected chi connectivity index (χ4v) is 7.22. The fraction of sp³-hybridized carbons (Fsp3) is 0.306. The van der Waals surface area contributed by atoms with E-state index in [9.17, 15) is 23.1 Å². The molecule has 6 rings (SSSR count). The molecule has 0 fully saturated rings. The summed E-state index contributed by atoms with van der Waals surface area (Å²) in [5.74, 6) is 0.547. The van der Waals surface area contributed by atoms with Crippen molar-refractivity contribution in [2.45, 2.75) is 85.7 Å². The predicted octanol–water partition coefficient (Wildman–Crippen LogP) is 14.4. The Kier molecular flexibility index (Phi) is 15.0. The molecular weight excluding hydrogens is 884 g/mol. The van der Waals surface area contributed by atoms with E-state index < -0.39 is 11.7 Å². The van der Waals surface area contributed by atoms with Crippen molar-refractivity contribution in [1.29, 1.82) is 0 Å². The van der Waals surface area contributed by atoms with Gasteiger partial charge in [-0.2, -0.15) is 13.2 Å². The van der Waals surface area contributed by atoms with Crippen LogP contribution in [0.1, 0.15) is 85.3 Å². The summed E-state index contributed by atoms with van der Waals surface area (Å²) in [5, 5.41) is 13.4. The zero-order valence-corrected chi connectivity index (χ0v) is 35.6. The third-order valence-electron chi connectivity index (χ3n) is 10.4. The Morgan fingerprint density at radius 2 is 1.23 bits per heavy atom. The fourth-order valence-electron chi connectivity index (χ4n) is 7.22. The molecule has 1 N–H and O–H groups in total. The number of aliphatic hydroxyl groups excluding tert-OH is 1. The molecule has 1 radical (unpaired) electrons. The maximum absolute atomic E-state index is 14.4. The van der Waals surface area contributed by atoms with Crippen molar-refractivity contribution in [2.24, 2.45) is 11.8 Å². The molecule has 1 heterocycles. The Morgan fingerprint density at radius 1 is 0.696 bits per heavy atom. The van der Waals surface area contributed by atoms with Crippen LogP contribution in [-0.2, 0) is 36.5 Å². The molecule has 295 valence electrons. The number of nitrogens with zero attached hydrogens (tertiary/aromatic N) is 1. The summed E-state index contributed by atoms with van der Waals surface area (Å²) in [6, 6.07) is 36.2. The number of pyridine rings is 1. The normalized spacial score (nSPS) is 12.1. The van der Waals surface area contributed by atoms with Gasteiger partial charge in [0.1, 0.15) is 0 Å². The summed E-state index contributed by atoms with van der Waals surface area (Å²) < 4.78 is 43.2. The number of benzene rings is 5. The van der Waals surface area contributed by atoms with E-state index in [1.165, 1.54) is 6.08 Å². The van der Waals surface area contributed by atoms with Crippen LogP contribution in [0.5, 0.6) is 0 Å². The SMILES string of the molecule is CC(C)(C)c1cc(-c2cc(-c3ccc(-c4ccccc4)c4ccccc34)c(C(F)(F)F)cn2)[c-]c2ccccc12.CCC(CC)C(=O)/C=C(\O)C(CC)CC.[Ir]. The summed E-state index contributed by atoms with van der Waals surface area (Å²) in [6.45, 7) is 14.5. The van der Waals surface area contributed by atoms with Gasteiger partial charge in [-0.25, -0.2) is 0 Å². The van der Waals surface area contributed by atoms with Crippen molar-refractivity contribution >= 4 is 27.3 Å². The Hall–Kier alpha value is -4.58. The first kappa shape index (κ1) is 44.1. The molecule has 0 unspecified atom stereocenters. The molecule has 7 heteroatoms. The number of fused-ring (bicyclic) bond motifs is 2. The molecular formula is C49H51F3IrNO2-. The number of carbonyl (C=O) groups is 1. The van der Waals surface area contributed by atoms with Gasteiger partial charge in [0.25, 0.3) is 0 Å². The second-order valence-corrected chi connectivity index (χ2v) is 15.1. The van der Waals surface area contributed by atoms with Crippen molar-refractivity contribution in [3.05, 3.63) is 138 Å². The molecule has 0 atom stereocenters. The number of ketones is 1. The molecule has 5 aromatic carbocycles. The molecule has 0 bridgehead atoms. The van der Waals surface area contributed by atoms with Gasteiger partial charge in [-0.3, -0.25) is 9.78 Å². The molecule has 0 saturated carbocycles. The van der Waals surface area contributed by atoms with Crippen LogP contribution in [0, 0.1) is 17.9 Å². The number of halogens is 3. The second kappa shape index (κ2) is 19.0. The van der Waals surface area contributed by atoms with E-state index >= 15 is 0 Å². The Labute approximate surface area is 343 Å². The van der Waals surface area contributed by atoms with Crippen molar-refractivity contribution in [2.75, 3.05) is 0 Å². The van der Waals surface area contributed by atoms with Crippen LogP contribution < -0.4 is 0 Å². The van der Waals surface area contributed by atoms with Crippen LogP contribution in [0.3, 0.4) is 0 Å². The smallest absolute Gasteiger partial charge is 0.418 e. The Morgan fingerprint density at radius 3 is 1.80 bits per heavy atom. The number of aliphatic hydroxyl groups is 1. The van der Waals surface area contributed by atoms with Crippen LogP contribution in [0.4, 0.5) is 13.2 Å². The van der Waals surface area contributed by atoms with Gasteiger partial charge in [0.15, 0.2) is 5.78 Å². The first-order chi connectivity index (χ1) is 26.2. The Balaban J connectivity index is 0.000000372. The minimum absolute atomic E-state index is 0. The number of rotatable bonds is 10. The molecule has 56 heavy (non-hydrogen) atoms. The zero-order chi connectivity index (χ0) is 39.9. The van der Waals surface area contributed by atoms with Gasteiger partial charge >= 0.3 is 6.18 Å². The van der Waals surface area contributed by atoms with E-state index in [4.69, 9.17) is 0 Å². The van der Waals surface area contributed by atoms with Gasteiger partial charge in [-0.05, 0) is 64.1 Å². The van der Waals surface area contributed by atoms with E-state index in [1.807, 2.05) is 113 Å². The van der Waals surface area contributed by atoms with Crippen LogP contribution in [0.2, 0.25) is 0 Å². The standard InChI is InChI=1S/C36H27F3N.C13H24O2.Ir/c1-35(2,3)32-20-25(19-24-13-7-8-14-27(24)32)34-21-31(33(22-40-34)36(37,38)39)30-18-17-26(23-11-5-4-6-12-23)28-15-9-10-16-29(28)30;1-5-10(6-2)12(14)9-13(15)11(7-3)8-4;/h4-18,20-22H,1-3H3;9-11,14H,5-8H2,1-4H3;/q-1;;/b;12-9-;. The molecule has 0 aliphatic heterocycles. The zero-order valence-electron chi connectivity index (χ0n) is 33.2. The van der Waals surface area contributed by atoms with E-state index in [0.717, 1.165) is 70.1 Å². The average molecular weight is 935 g/mol. The number of alkyl halides is 3. The van der Waals surface area contributed by atoms with Gasteiger partial charge in [0.2, 0.25) is 0 Å². The molecule has 3 nitrogen and oxygen atoms in total. The molecule has 1 aromatic heterocycles. The maximum atomic E-state index is 14.4. The van der Waals surface area contributed by atoms with Gasteiger partial charge in [0, 0.05) is 49.9 Å². The number of allylic oxidation sites excluding steroid dienone is 2. The van der Waals surface area contributed by atoms with Crippen LogP contribution in [0.15, 0.2) is 121 Å². The molecule has 6 aromatic rings. The van der Waals surface area contributed by atoms with Crippen LogP contribution >= 0.6 is 0 Å². The predicted molar refractivity (Wildman–Crippen MR) is 222 cm³/mol. The number of hydrogen-bond donors (Lipinski definition) is 1. The second-order valence-electron chi connectivity index (χ2n) is 15.1. The Bertz CT molecular complexity index is 2280. The minimum atomic E-state index is -4.57. The maximum Gasteiger partial charge on any atom is 0.418 e. The summed E-state index contributed by atoms with van der Waals surface area (Å²) in [6.07, 6.45) is 1.30. The number of aromatic nitrogens is 1. The van der Waals surface area contributed by atoms with Crippen molar-refractivity contribution < 1.29 is 43.2 Å². The third-order valence-corrected chi connectivity index (χ3v) is 10.4. The molecule has 0 aliphatic carbocycles. The molecule has 0 saturated heterocycles. The molecule has 0 spiro atoms. The van der Waals surface area contributed by atoms with Crippen LogP contribution in [0.25, 0.3) is 55.1 Å². The first-order valence-electron chi connectivity index (χ1n) is 19.3. The summed E-state index contributed by atoms with van der Waals surface area (Å²) in [5.41, 5.74) is 3.89. The van der Waals surface area contributed by atoms with Gasteiger partial charge < -0.3 is 5.11 Å². The third kappa shape index (κ3) is 10.0. The summed E-state index contributed by atoms with van der Waals surface area (Å²) in [4.78, 5) is 16.0. The minimum Gasteiger partial charge on any atom is -0.512 e. The number of carbonyl (C=O) groups excluding carboxylic acids is 1. The van der Waals surface area contributed by atoms with Crippen LogP contribution in [-0.4, -0.2) is 15.9 Å². The van der Waals surface area contributed by atoms with Gasteiger partial charge in [0.05, 0.1) is 11.3 Å². The quantitative estimate of drug-likeness (QED) is 0.0846. The topological polar surface area (TPSA) is 50.2 Å². The van der Waals surface area contributed by atoms with Gasteiger partial charge in [-0.15, -0.1) is 29.1 Å². The number of hydrogen-bond acceptors (Lipinski definition) is 3. The molecule has 0 amide bonds. The van der Waals surface area contributed by atoms with Gasteiger partial charge in [-0.1, -0.05) is 150 Å². The van der Waals surface area contributed by atoms with Crippen molar-refractivity contribution in [1.82, 2.24) is 4.98 Å². The van der Waals surface area contributed by atoms with Crippen molar-refractivity contribution in [3.8, 4) is 33.5 Å². The van der Waals surface area contributed by atoms with E-state index in [-0.39, 0.29) is 54.5 Å². The monoisotopic (exact) mass is 935 g/mol. The first-order valence-corrected chi connectivity index (χ1v) is 19.3. The van der Waals surface area contributed by atoms with E-state index in [2.05, 4.69) is 37.9 Å². The van der Waals surface area contributed by atoms with Crippen molar-refractivity contribution in [3.63, 3.8) is 0 Å².